The Morgan fingerprint density at radius 2 is 1.90 bits per heavy atom. The van der Waals surface area contributed by atoms with E-state index in [-0.39, 0.29) is 41.7 Å². The number of aromatic amines is 1. The van der Waals surface area contributed by atoms with Crippen molar-refractivity contribution in [3.63, 3.8) is 0 Å². The van der Waals surface area contributed by atoms with E-state index in [4.69, 9.17) is 31.8 Å². The number of ether oxygens (including phenoxy) is 2. The SMILES string of the molecule is COc1ccc(-c2nc3ncc(Cl)c(N[C@H]4[C@@H](C(N)=O)[C@@H]5C=C[C@H]4C5)c3[nH]2)c(C2CCN(C(=O)OC(C)(C)C)CC2)c1. The van der Waals surface area contributed by atoms with E-state index in [1.54, 1.807) is 18.2 Å². The first-order valence-corrected chi connectivity index (χ1v) is 14.8. The van der Waals surface area contributed by atoms with Crippen molar-refractivity contribution in [3.05, 3.63) is 47.1 Å². The summed E-state index contributed by atoms with van der Waals surface area (Å²) >= 11 is 6.67. The highest BCUT2D eigenvalue weighted by Crippen LogP contribution is 2.46. The van der Waals surface area contributed by atoms with Crippen molar-refractivity contribution in [2.45, 2.75) is 57.6 Å². The summed E-state index contributed by atoms with van der Waals surface area (Å²) < 4.78 is 11.2. The second-order valence-corrected chi connectivity index (χ2v) is 12.9. The molecule has 10 nitrogen and oxygen atoms in total. The van der Waals surface area contributed by atoms with Crippen LogP contribution in [0.3, 0.4) is 0 Å². The number of nitrogens with zero attached hydrogens (tertiary/aromatic N) is 3. The Kier molecular flexibility index (Phi) is 7.29. The zero-order valence-electron chi connectivity index (χ0n) is 24.3. The average molecular weight is 593 g/mol. The molecule has 0 spiro atoms. The number of likely N-dealkylation sites (tertiary alicyclic amines) is 1. The number of methoxy groups -OCH3 is 1. The molecule has 1 saturated carbocycles. The number of carbonyl (C=O) groups excluding carboxylic acids is 2. The average Bonchev–Trinajstić information content (AvgIpc) is 3.68. The Morgan fingerprint density at radius 1 is 1.17 bits per heavy atom. The molecule has 4 N–H and O–H groups in total. The van der Waals surface area contributed by atoms with Gasteiger partial charge in [0.2, 0.25) is 5.91 Å². The maximum absolute atomic E-state index is 12.6. The quantitative estimate of drug-likeness (QED) is 0.322. The first-order chi connectivity index (χ1) is 20.0. The number of anilines is 1. The van der Waals surface area contributed by atoms with Gasteiger partial charge >= 0.3 is 6.09 Å². The van der Waals surface area contributed by atoms with Crippen LogP contribution in [0.15, 0.2) is 36.5 Å². The predicted octanol–water partition coefficient (Wildman–Crippen LogP) is 5.49. The lowest BCUT2D eigenvalue weighted by molar-refractivity contribution is -0.122. The Balaban J connectivity index is 1.30. The van der Waals surface area contributed by atoms with Crippen LogP contribution in [0.2, 0.25) is 5.02 Å². The number of allylic oxidation sites excluding steroid dienone is 1. The summed E-state index contributed by atoms with van der Waals surface area (Å²) in [6, 6.07) is 5.82. The number of fused-ring (bicyclic) bond motifs is 3. The van der Waals surface area contributed by atoms with E-state index in [2.05, 4.69) is 33.5 Å². The van der Waals surface area contributed by atoms with E-state index in [1.165, 1.54) is 0 Å². The molecule has 6 rings (SSSR count). The molecule has 2 amide bonds. The van der Waals surface area contributed by atoms with Crippen molar-refractivity contribution >= 4 is 40.5 Å². The summed E-state index contributed by atoms with van der Waals surface area (Å²) in [5.41, 5.74) is 9.16. The highest BCUT2D eigenvalue weighted by Gasteiger charge is 2.47. The summed E-state index contributed by atoms with van der Waals surface area (Å²) in [7, 11) is 1.65. The second kappa shape index (κ2) is 10.8. The van der Waals surface area contributed by atoms with E-state index in [1.807, 2.05) is 32.9 Å². The number of aromatic nitrogens is 3. The summed E-state index contributed by atoms with van der Waals surface area (Å²) in [6.45, 7) is 6.82. The lowest BCUT2D eigenvalue weighted by Gasteiger charge is -2.34. The van der Waals surface area contributed by atoms with Gasteiger partial charge in [-0.1, -0.05) is 23.8 Å². The Hall–Kier alpha value is -3.79. The second-order valence-electron chi connectivity index (χ2n) is 12.5. The molecule has 3 heterocycles. The van der Waals surface area contributed by atoms with Gasteiger partial charge in [0.15, 0.2) is 5.65 Å². The minimum Gasteiger partial charge on any atom is -0.497 e. The Labute approximate surface area is 250 Å². The number of imidazole rings is 1. The van der Waals surface area contributed by atoms with Gasteiger partial charge in [-0.3, -0.25) is 4.79 Å². The summed E-state index contributed by atoms with van der Waals surface area (Å²) in [6.07, 6.45) is 8.01. The van der Waals surface area contributed by atoms with Crippen LogP contribution in [0.1, 0.15) is 51.5 Å². The monoisotopic (exact) mass is 592 g/mol. The molecule has 42 heavy (non-hydrogen) atoms. The number of primary amides is 1. The number of halogens is 1. The predicted molar refractivity (Wildman–Crippen MR) is 162 cm³/mol. The molecule has 3 aromatic rings. The standard InChI is InChI=1S/C31H37ClN6O4/c1-31(2,3)42-30(40)38-11-9-16(10-12-38)21-14-19(41-4)7-8-20(21)28-36-26-25(22(32)15-34-29(26)37-28)35-24-18-6-5-17(13-18)23(24)27(33)39/h5-8,14-18,23-24H,9-13H2,1-4H3,(H2,33,39)(H2,34,35,36,37)/t17-,18+,23+,24-/m1/s1. The smallest absolute Gasteiger partial charge is 0.410 e. The van der Waals surface area contributed by atoms with Crippen LogP contribution < -0.4 is 15.8 Å². The van der Waals surface area contributed by atoms with E-state index >= 15 is 0 Å². The topological polar surface area (TPSA) is 135 Å². The summed E-state index contributed by atoms with van der Waals surface area (Å²) in [5.74, 6) is 1.33. The summed E-state index contributed by atoms with van der Waals surface area (Å²) in [5, 5.41) is 3.98. The third kappa shape index (κ3) is 5.28. The fraction of sp³-hybridized carbons (Fsp3) is 0.484. The number of benzene rings is 1. The maximum atomic E-state index is 12.6. The minimum atomic E-state index is -0.533. The van der Waals surface area contributed by atoms with Crippen molar-refractivity contribution < 1.29 is 19.1 Å². The number of H-pyrrole nitrogens is 1. The van der Waals surface area contributed by atoms with Crippen molar-refractivity contribution in [2.24, 2.45) is 23.5 Å². The number of nitrogens with one attached hydrogen (secondary N) is 2. The van der Waals surface area contributed by atoms with Crippen LogP contribution in [0.4, 0.5) is 10.5 Å². The molecule has 2 aliphatic carbocycles. The van der Waals surface area contributed by atoms with E-state index in [0.29, 0.717) is 40.8 Å². The molecule has 1 aromatic carbocycles. The largest absolute Gasteiger partial charge is 0.497 e. The van der Waals surface area contributed by atoms with Gasteiger partial charge in [0, 0.05) is 24.7 Å². The molecular formula is C31H37ClN6O4. The van der Waals surface area contributed by atoms with Gasteiger partial charge in [-0.05, 0) is 81.5 Å². The zero-order valence-corrected chi connectivity index (χ0v) is 25.1. The molecule has 0 radical (unpaired) electrons. The fourth-order valence-electron chi connectivity index (χ4n) is 6.70. The molecule has 3 aliphatic rings. The van der Waals surface area contributed by atoms with Gasteiger partial charge in [0.25, 0.3) is 0 Å². The lowest BCUT2D eigenvalue weighted by Crippen LogP contribution is -2.41. The molecule has 0 unspecified atom stereocenters. The first-order valence-electron chi connectivity index (χ1n) is 14.5. The van der Waals surface area contributed by atoms with Crippen molar-refractivity contribution in [2.75, 3.05) is 25.5 Å². The van der Waals surface area contributed by atoms with E-state index in [0.717, 1.165) is 36.1 Å². The van der Waals surface area contributed by atoms with Gasteiger partial charge in [-0.25, -0.2) is 14.8 Å². The minimum absolute atomic E-state index is 0.141. The molecule has 11 heteroatoms. The molecule has 2 fully saturated rings. The van der Waals surface area contributed by atoms with Gasteiger partial charge in [0.05, 0.1) is 29.9 Å². The van der Waals surface area contributed by atoms with Crippen LogP contribution in [0.25, 0.3) is 22.6 Å². The number of hydrogen-bond acceptors (Lipinski definition) is 7. The molecule has 222 valence electrons. The number of piperidine rings is 1. The third-order valence-electron chi connectivity index (χ3n) is 8.67. The van der Waals surface area contributed by atoms with Crippen LogP contribution in [0.5, 0.6) is 5.75 Å². The number of nitrogens with two attached hydrogens (primary N) is 1. The maximum Gasteiger partial charge on any atom is 0.410 e. The van der Waals surface area contributed by atoms with Gasteiger partial charge in [-0.2, -0.15) is 0 Å². The molecule has 4 atom stereocenters. The lowest BCUT2D eigenvalue weighted by atomic mass is 9.86. The van der Waals surface area contributed by atoms with Crippen LogP contribution in [0, 0.1) is 17.8 Å². The number of carbonyl (C=O) groups is 2. The molecule has 1 aliphatic heterocycles. The van der Waals surface area contributed by atoms with Crippen molar-refractivity contribution in [1.29, 1.82) is 0 Å². The van der Waals surface area contributed by atoms with Crippen LogP contribution in [-0.2, 0) is 9.53 Å². The van der Waals surface area contributed by atoms with Gasteiger partial charge in [0.1, 0.15) is 22.7 Å². The normalized spacial score (nSPS) is 23.9. The van der Waals surface area contributed by atoms with Crippen LogP contribution >= 0.6 is 11.6 Å². The van der Waals surface area contributed by atoms with Gasteiger partial charge < -0.3 is 30.4 Å². The van der Waals surface area contributed by atoms with Gasteiger partial charge in [-0.15, -0.1) is 0 Å². The van der Waals surface area contributed by atoms with Crippen molar-refractivity contribution in [3.8, 4) is 17.1 Å². The highest BCUT2D eigenvalue weighted by atomic mass is 35.5. The van der Waals surface area contributed by atoms with Crippen LogP contribution in [-0.4, -0.2) is 63.7 Å². The Morgan fingerprint density at radius 3 is 2.60 bits per heavy atom. The highest BCUT2D eigenvalue weighted by molar-refractivity contribution is 6.34. The van der Waals surface area contributed by atoms with E-state index in [9.17, 15) is 9.59 Å². The summed E-state index contributed by atoms with van der Waals surface area (Å²) in [4.78, 5) is 39.6. The van der Waals surface area contributed by atoms with E-state index < -0.39 is 5.60 Å². The number of hydrogen-bond donors (Lipinski definition) is 3. The third-order valence-corrected chi connectivity index (χ3v) is 8.96. The number of rotatable bonds is 6. The molecule has 2 aromatic heterocycles. The molecule has 2 bridgehead atoms. The number of amides is 2. The number of pyridine rings is 1. The zero-order chi connectivity index (χ0) is 29.8. The Bertz CT molecular complexity index is 1550. The van der Waals surface area contributed by atoms with Crippen molar-refractivity contribution in [1.82, 2.24) is 19.9 Å². The molecular weight excluding hydrogens is 556 g/mol. The molecule has 1 saturated heterocycles. The fourth-order valence-corrected chi connectivity index (χ4v) is 6.89. The first kappa shape index (κ1) is 28.3.